The van der Waals surface area contributed by atoms with Crippen LogP contribution >= 0.6 is 11.6 Å². The number of piperidine rings is 1. The van der Waals surface area contributed by atoms with E-state index in [0.717, 1.165) is 27.9 Å². The Bertz CT molecular complexity index is 1390. The summed E-state index contributed by atoms with van der Waals surface area (Å²) in [4.78, 5) is 39.3. The Labute approximate surface area is 219 Å². The van der Waals surface area contributed by atoms with Crippen LogP contribution in [0.5, 0.6) is 0 Å². The molecule has 0 saturated carbocycles. The minimum Gasteiger partial charge on any atom is -0.465 e. The standard InChI is InChI=1S/C28H29ClFN3O4/c1-16-11-20(13-27(35)32-16)22-8-10-33(28(36)37)15-25(22)23-6-4-19(12-26(23)29)24-14-21(30)5-3-18(24)7-9-31-17(2)34/h3-6,11-14,22,25H,7-10,15H2,1-2H3,(H,31,34)(H,32,35)(H,36,37). The van der Waals surface area contributed by atoms with Crippen molar-refractivity contribution in [3.63, 3.8) is 0 Å². The van der Waals surface area contributed by atoms with Crippen molar-refractivity contribution in [3.05, 3.63) is 92.1 Å². The van der Waals surface area contributed by atoms with Gasteiger partial charge in [0.25, 0.3) is 0 Å². The maximum absolute atomic E-state index is 14.2. The quantitative estimate of drug-likeness (QED) is 0.418. The molecule has 2 unspecified atom stereocenters. The summed E-state index contributed by atoms with van der Waals surface area (Å²) in [6.45, 7) is 4.29. The number of amides is 2. The summed E-state index contributed by atoms with van der Waals surface area (Å²) in [5, 5.41) is 12.8. The molecule has 3 N–H and O–H groups in total. The van der Waals surface area contributed by atoms with Gasteiger partial charge in [-0.05, 0) is 77.8 Å². The summed E-state index contributed by atoms with van der Waals surface area (Å²) in [6, 6.07) is 13.5. The van der Waals surface area contributed by atoms with Gasteiger partial charge in [-0.3, -0.25) is 9.59 Å². The van der Waals surface area contributed by atoms with Crippen LogP contribution in [0.2, 0.25) is 5.02 Å². The number of hydrogen-bond donors (Lipinski definition) is 3. The fourth-order valence-electron chi connectivity index (χ4n) is 5.17. The number of likely N-dealkylation sites (tertiary alicyclic amines) is 1. The Balaban J connectivity index is 1.71. The van der Waals surface area contributed by atoms with Gasteiger partial charge in [0, 0.05) is 49.3 Å². The van der Waals surface area contributed by atoms with E-state index in [9.17, 15) is 23.9 Å². The monoisotopic (exact) mass is 525 g/mol. The largest absolute Gasteiger partial charge is 0.465 e. The van der Waals surface area contributed by atoms with E-state index in [-0.39, 0.29) is 35.7 Å². The highest BCUT2D eigenvalue weighted by Gasteiger charge is 2.35. The third kappa shape index (κ3) is 6.20. The number of pyridine rings is 1. The zero-order valence-corrected chi connectivity index (χ0v) is 21.4. The van der Waals surface area contributed by atoms with Crippen molar-refractivity contribution in [3.8, 4) is 11.1 Å². The molecule has 4 rings (SSSR count). The molecule has 1 aliphatic heterocycles. The van der Waals surface area contributed by atoms with Gasteiger partial charge in [0.05, 0.1) is 0 Å². The van der Waals surface area contributed by atoms with Crippen molar-refractivity contribution in [1.82, 2.24) is 15.2 Å². The van der Waals surface area contributed by atoms with Crippen LogP contribution in [0.3, 0.4) is 0 Å². The van der Waals surface area contributed by atoms with Gasteiger partial charge < -0.3 is 20.3 Å². The normalized spacial score (nSPS) is 17.5. The Hall–Kier alpha value is -3.65. The lowest BCUT2D eigenvalue weighted by Crippen LogP contribution is -2.41. The second-order valence-corrected chi connectivity index (χ2v) is 9.87. The first kappa shape index (κ1) is 26.4. The fraction of sp³-hybridized carbons (Fsp3) is 0.321. The Morgan fingerprint density at radius 3 is 2.62 bits per heavy atom. The van der Waals surface area contributed by atoms with Crippen LogP contribution < -0.4 is 10.9 Å². The molecule has 2 aromatic carbocycles. The first-order valence-electron chi connectivity index (χ1n) is 12.1. The molecule has 0 spiro atoms. The maximum Gasteiger partial charge on any atom is 0.407 e. The highest BCUT2D eigenvalue weighted by Crippen LogP contribution is 2.43. The Morgan fingerprint density at radius 1 is 1.16 bits per heavy atom. The number of benzene rings is 2. The molecule has 2 amide bonds. The molecular weight excluding hydrogens is 497 g/mol. The molecule has 3 aromatic rings. The number of carbonyl (C=O) groups excluding carboxylic acids is 1. The third-order valence-electron chi connectivity index (χ3n) is 6.86. The Kier molecular flexibility index (Phi) is 7.97. The predicted molar refractivity (Wildman–Crippen MR) is 141 cm³/mol. The summed E-state index contributed by atoms with van der Waals surface area (Å²) in [7, 11) is 0. The number of nitrogens with zero attached hydrogens (tertiary/aromatic N) is 1. The van der Waals surface area contributed by atoms with Gasteiger partial charge in [-0.15, -0.1) is 0 Å². The molecular formula is C28H29ClFN3O4. The smallest absolute Gasteiger partial charge is 0.407 e. The second kappa shape index (κ2) is 11.2. The predicted octanol–water partition coefficient (Wildman–Crippen LogP) is 5.07. The van der Waals surface area contributed by atoms with Crippen LogP contribution in [0, 0.1) is 12.7 Å². The van der Waals surface area contributed by atoms with Crippen LogP contribution in [0.15, 0.2) is 53.3 Å². The van der Waals surface area contributed by atoms with Crippen LogP contribution in [0.25, 0.3) is 11.1 Å². The van der Waals surface area contributed by atoms with Gasteiger partial charge in [0.15, 0.2) is 0 Å². The van der Waals surface area contributed by atoms with E-state index in [1.165, 1.54) is 24.0 Å². The van der Waals surface area contributed by atoms with Crippen molar-refractivity contribution >= 4 is 23.6 Å². The maximum atomic E-state index is 14.2. The van der Waals surface area contributed by atoms with Gasteiger partial charge in [-0.25, -0.2) is 9.18 Å². The average molecular weight is 526 g/mol. The zero-order chi connectivity index (χ0) is 26.7. The number of halogens is 2. The fourth-order valence-corrected chi connectivity index (χ4v) is 5.49. The third-order valence-corrected chi connectivity index (χ3v) is 7.19. The Morgan fingerprint density at radius 2 is 1.95 bits per heavy atom. The van der Waals surface area contributed by atoms with E-state index in [0.29, 0.717) is 36.5 Å². The minimum absolute atomic E-state index is 0.0951. The number of aromatic nitrogens is 1. The van der Waals surface area contributed by atoms with E-state index in [4.69, 9.17) is 11.6 Å². The molecule has 37 heavy (non-hydrogen) atoms. The average Bonchev–Trinajstić information content (AvgIpc) is 2.83. The number of carbonyl (C=O) groups is 2. The topological polar surface area (TPSA) is 102 Å². The van der Waals surface area contributed by atoms with Crippen LogP contribution in [0.1, 0.15) is 47.6 Å². The molecule has 0 radical (unpaired) electrons. The lowest BCUT2D eigenvalue weighted by Gasteiger charge is -2.38. The first-order chi connectivity index (χ1) is 17.6. The van der Waals surface area contributed by atoms with E-state index < -0.39 is 6.09 Å². The lowest BCUT2D eigenvalue weighted by molar-refractivity contribution is -0.118. The summed E-state index contributed by atoms with van der Waals surface area (Å²) in [5.41, 5.74) is 4.43. The first-order valence-corrected chi connectivity index (χ1v) is 12.5. The molecule has 2 heterocycles. The molecule has 2 atom stereocenters. The zero-order valence-electron chi connectivity index (χ0n) is 20.7. The number of hydrogen-bond acceptors (Lipinski definition) is 3. The second-order valence-electron chi connectivity index (χ2n) is 9.46. The van der Waals surface area contributed by atoms with E-state index in [1.54, 1.807) is 18.2 Å². The van der Waals surface area contributed by atoms with E-state index in [2.05, 4.69) is 10.3 Å². The van der Waals surface area contributed by atoms with Crippen molar-refractivity contribution < 1.29 is 19.1 Å². The number of nitrogens with one attached hydrogen (secondary N) is 2. The molecule has 1 fully saturated rings. The van der Waals surface area contributed by atoms with Crippen molar-refractivity contribution in [1.29, 1.82) is 0 Å². The van der Waals surface area contributed by atoms with Gasteiger partial charge in [0.2, 0.25) is 11.5 Å². The highest BCUT2D eigenvalue weighted by molar-refractivity contribution is 6.31. The summed E-state index contributed by atoms with van der Waals surface area (Å²) >= 11 is 6.81. The number of aryl methyl sites for hydroxylation is 1. The van der Waals surface area contributed by atoms with E-state index in [1.807, 2.05) is 25.1 Å². The molecule has 0 aliphatic carbocycles. The van der Waals surface area contributed by atoms with Gasteiger partial charge in [0.1, 0.15) is 5.82 Å². The lowest BCUT2D eigenvalue weighted by atomic mass is 9.76. The van der Waals surface area contributed by atoms with Crippen molar-refractivity contribution in [2.24, 2.45) is 0 Å². The number of carboxylic acid groups (broad SMARTS) is 1. The summed E-state index contributed by atoms with van der Waals surface area (Å²) < 4.78 is 14.2. The SMILES string of the molecule is CC(=O)NCCc1ccc(F)cc1-c1ccc(C2CN(C(=O)O)CCC2c2cc(C)[nH]c(=O)c2)c(Cl)c1. The number of H-pyrrole nitrogens is 1. The molecule has 1 aromatic heterocycles. The van der Waals surface area contributed by atoms with Gasteiger partial charge >= 0.3 is 6.09 Å². The molecule has 1 aliphatic rings. The minimum atomic E-state index is -0.998. The molecule has 1 saturated heterocycles. The van der Waals surface area contributed by atoms with Crippen LogP contribution in [-0.2, 0) is 11.2 Å². The van der Waals surface area contributed by atoms with Crippen molar-refractivity contribution in [2.75, 3.05) is 19.6 Å². The molecule has 0 bridgehead atoms. The summed E-state index contributed by atoms with van der Waals surface area (Å²) in [6.07, 6.45) is 0.0750. The summed E-state index contributed by atoms with van der Waals surface area (Å²) in [5.74, 6) is -0.877. The number of aromatic amines is 1. The number of rotatable bonds is 6. The highest BCUT2D eigenvalue weighted by atomic mass is 35.5. The van der Waals surface area contributed by atoms with Gasteiger partial charge in [-0.2, -0.15) is 0 Å². The molecule has 9 heteroatoms. The van der Waals surface area contributed by atoms with Gasteiger partial charge in [-0.1, -0.05) is 29.8 Å². The van der Waals surface area contributed by atoms with E-state index >= 15 is 0 Å². The molecule has 7 nitrogen and oxygen atoms in total. The van der Waals surface area contributed by atoms with Crippen LogP contribution in [-0.4, -0.2) is 46.6 Å². The molecule has 194 valence electrons. The van der Waals surface area contributed by atoms with Crippen LogP contribution in [0.4, 0.5) is 9.18 Å². The van der Waals surface area contributed by atoms with Crippen molar-refractivity contribution in [2.45, 2.75) is 38.5 Å².